The van der Waals surface area contributed by atoms with E-state index in [0.717, 1.165) is 11.4 Å². The van der Waals surface area contributed by atoms with E-state index in [4.69, 9.17) is 20.8 Å². The molecule has 1 saturated heterocycles. The quantitative estimate of drug-likeness (QED) is 0.306. The van der Waals surface area contributed by atoms with Crippen molar-refractivity contribution in [2.24, 2.45) is 40.6 Å². The SMILES string of the molecule is COC(=O)c1cc(-c2ccc(/C=N\N3C(=O)[C@@H]4[C@H]5C=C[C@@H]([C@@H]6C[C@H]56)[C@@H]4C3=O)o2)ccc1Cl. The first-order chi connectivity index (χ1) is 15.5. The van der Waals surface area contributed by atoms with Crippen LogP contribution in [0.15, 0.2) is 52.0 Å². The van der Waals surface area contributed by atoms with Gasteiger partial charge in [0.15, 0.2) is 0 Å². The van der Waals surface area contributed by atoms with Gasteiger partial charge < -0.3 is 9.15 Å². The fourth-order valence-corrected chi connectivity index (χ4v) is 5.89. The van der Waals surface area contributed by atoms with E-state index in [2.05, 4.69) is 17.3 Å². The summed E-state index contributed by atoms with van der Waals surface area (Å²) in [5.74, 6) is 0.763. The average Bonchev–Trinajstić information content (AvgIpc) is 3.44. The summed E-state index contributed by atoms with van der Waals surface area (Å²) in [5.41, 5.74) is 0.867. The second kappa shape index (κ2) is 6.90. The highest BCUT2D eigenvalue weighted by Crippen LogP contribution is 2.65. The summed E-state index contributed by atoms with van der Waals surface area (Å²) in [5, 5.41) is 5.49. The molecule has 0 N–H and O–H groups in total. The number of benzene rings is 1. The van der Waals surface area contributed by atoms with Crippen LogP contribution < -0.4 is 0 Å². The van der Waals surface area contributed by atoms with Crippen molar-refractivity contribution in [3.8, 4) is 11.3 Å². The maximum absolute atomic E-state index is 13.0. The van der Waals surface area contributed by atoms with Gasteiger partial charge in [0.2, 0.25) is 0 Å². The molecule has 1 aromatic carbocycles. The predicted molar refractivity (Wildman–Crippen MR) is 115 cm³/mol. The molecule has 0 spiro atoms. The molecule has 2 saturated carbocycles. The van der Waals surface area contributed by atoms with E-state index in [1.54, 1.807) is 30.3 Å². The van der Waals surface area contributed by atoms with E-state index in [0.29, 0.717) is 28.9 Å². The normalized spacial score (nSPS) is 31.9. The summed E-state index contributed by atoms with van der Waals surface area (Å²) >= 11 is 6.07. The standard InChI is InChI=1S/C24H19ClN2O5/c1-31-24(30)17-8-11(2-6-18(17)25)19-7-3-12(32-19)10-26-27-22(28)20-13-4-5-14(16-9-15(13)16)21(20)23(27)29/h2-8,10,13-16,20-21H,9H2,1H3/b26-10-/t13-,14-,15-,16+,20-,21+/m0/s1. The maximum Gasteiger partial charge on any atom is 0.339 e. The third-order valence-electron chi connectivity index (χ3n) is 7.22. The number of hydrogen-bond acceptors (Lipinski definition) is 6. The number of imide groups is 1. The summed E-state index contributed by atoms with van der Waals surface area (Å²) in [6, 6.07) is 8.30. The van der Waals surface area contributed by atoms with Crippen molar-refractivity contribution < 1.29 is 23.5 Å². The molecule has 2 bridgehead atoms. The smallest absolute Gasteiger partial charge is 0.339 e. The topological polar surface area (TPSA) is 89.2 Å². The first kappa shape index (κ1) is 19.5. The molecule has 3 fully saturated rings. The Morgan fingerprint density at radius 2 is 1.81 bits per heavy atom. The van der Waals surface area contributed by atoms with Gasteiger partial charge in [-0.3, -0.25) is 9.59 Å². The minimum Gasteiger partial charge on any atom is -0.465 e. The molecule has 0 unspecified atom stereocenters. The largest absolute Gasteiger partial charge is 0.465 e. The van der Waals surface area contributed by atoms with Crippen molar-refractivity contribution >= 4 is 35.6 Å². The van der Waals surface area contributed by atoms with Crippen LogP contribution in [0.3, 0.4) is 0 Å². The van der Waals surface area contributed by atoms with Crippen LogP contribution in [0, 0.1) is 35.5 Å². The van der Waals surface area contributed by atoms with Gasteiger partial charge in [-0.1, -0.05) is 23.8 Å². The monoisotopic (exact) mass is 450 g/mol. The second-order valence-electron chi connectivity index (χ2n) is 8.78. The number of furan rings is 1. The molecule has 2 amide bonds. The summed E-state index contributed by atoms with van der Waals surface area (Å²) < 4.78 is 10.5. The van der Waals surface area contributed by atoms with E-state index in [1.165, 1.54) is 13.3 Å². The molecule has 32 heavy (non-hydrogen) atoms. The maximum atomic E-state index is 13.0. The number of rotatable bonds is 4. The highest BCUT2D eigenvalue weighted by atomic mass is 35.5. The Kier molecular flexibility index (Phi) is 4.21. The lowest BCUT2D eigenvalue weighted by Crippen LogP contribution is -2.40. The van der Waals surface area contributed by atoms with Crippen LogP contribution in [-0.4, -0.2) is 36.1 Å². The van der Waals surface area contributed by atoms with Crippen molar-refractivity contribution in [2.75, 3.05) is 7.11 Å². The number of halogens is 1. The first-order valence-electron chi connectivity index (χ1n) is 10.6. The Morgan fingerprint density at radius 1 is 1.12 bits per heavy atom. The molecule has 7 nitrogen and oxygen atoms in total. The van der Waals surface area contributed by atoms with Crippen molar-refractivity contribution in [1.82, 2.24) is 5.01 Å². The minimum absolute atomic E-state index is 0.163. The van der Waals surface area contributed by atoms with Crippen LogP contribution in [0.25, 0.3) is 11.3 Å². The Hall–Kier alpha value is -3.19. The number of esters is 1. The molecule has 2 aromatic rings. The Bertz CT molecular complexity index is 1190. The van der Waals surface area contributed by atoms with Crippen molar-refractivity contribution in [1.29, 1.82) is 0 Å². The lowest BCUT2D eigenvalue weighted by molar-refractivity contribution is -0.140. The fraction of sp³-hybridized carbons (Fsp3) is 0.333. The molecule has 8 heteroatoms. The molecule has 1 aliphatic heterocycles. The van der Waals surface area contributed by atoms with Crippen LogP contribution in [0.1, 0.15) is 22.5 Å². The number of amides is 2. The van der Waals surface area contributed by atoms with Gasteiger partial charge in [0, 0.05) is 5.56 Å². The molecular weight excluding hydrogens is 432 g/mol. The van der Waals surface area contributed by atoms with Gasteiger partial charge in [-0.15, -0.1) is 0 Å². The van der Waals surface area contributed by atoms with E-state index >= 15 is 0 Å². The van der Waals surface area contributed by atoms with E-state index in [1.807, 2.05) is 0 Å². The third-order valence-corrected chi connectivity index (χ3v) is 7.55. The van der Waals surface area contributed by atoms with Gasteiger partial charge in [-0.25, -0.2) is 4.79 Å². The number of hydrazone groups is 1. The number of hydrogen-bond donors (Lipinski definition) is 0. The third kappa shape index (κ3) is 2.73. The molecule has 162 valence electrons. The summed E-state index contributed by atoms with van der Waals surface area (Å²) in [4.78, 5) is 37.9. The fourth-order valence-electron chi connectivity index (χ4n) is 5.69. The molecule has 0 radical (unpaired) electrons. The first-order valence-corrected chi connectivity index (χ1v) is 10.9. The molecule has 4 aliphatic carbocycles. The van der Waals surface area contributed by atoms with Crippen LogP contribution in [0.2, 0.25) is 5.02 Å². The van der Waals surface area contributed by atoms with Crippen molar-refractivity contribution in [3.05, 3.63) is 58.8 Å². The van der Waals surface area contributed by atoms with Crippen LogP contribution in [-0.2, 0) is 14.3 Å². The van der Waals surface area contributed by atoms with Gasteiger partial charge in [-0.2, -0.15) is 10.1 Å². The predicted octanol–water partition coefficient (Wildman–Crippen LogP) is 3.77. The molecule has 2 heterocycles. The zero-order valence-corrected chi connectivity index (χ0v) is 17.9. The zero-order chi connectivity index (χ0) is 22.1. The summed E-state index contributed by atoms with van der Waals surface area (Å²) in [6.45, 7) is 0. The number of allylic oxidation sites excluding steroid dienone is 2. The highest BCUT2D eigenvalue weighted by Gasteiger charge is 2.67. The minimum atomic E-state index is -0.543. The second-order valence-corrected chi connectivity index (χ2v) is 9.18. The molecule has 6 atom stereocenters. The van der Waals surface area contributed by atoms with Crippen molar-refractivity contribution in [2.45, 2.75) is 6.42 Å². The van der Waals surface area contributed by atoms with Gasteiger partial charge >= 0.3 is 5.97 Å². The van der Waals surface area contributed by atoms with E-state index in [9.17, 15) is 14.4 Å². The van der Waals surface area contributed by atoms with Gasteiger partial charge in [-0.05, 0) is 60.4 Å². The van der Waals surface area contributed by atoms with E-state index < -0.39 is 5.97 Å². The van der Waals surface area contributed by atoms with Crippen LogP contribution in [0.4, 0.5) is 0 Å². The lowest BCUT2D eigenvalue weighted by Gasteiger charge is -2.37. The molecule has 5 aliphatic rings. The highest BCUT2D eigenvalue weighted by molar-refractivity contribution is 6.33. The Balaban J connectivity index is 1.23. The van der Waals surface area contributed by atoms with Crippen LogP contribution >= 0.6 is 11.6 Å². The number of carbonyl (C=O) groups excluding carboxylic acids is 3. The van der Waals surface area contributed by atoms with E-state index in [-0.39, 0.29) is 46.1 Å². The lowest BCUT2D eigenvalue weighted by atomic mass is 9.63. The number of nitrogens with zero attached hydrogens (tertiary/aromatic N) is 2. The molecule has 7 rings (SSSR count). The van der Waals surface area contributed by atoms with Gasteiger partial charge in [0.1, 0.15) is 11.5 Å². The Morgan fingerprint density at radius 3 is 2.47 bits per heavy atom. The molecule has 1 aromatic heterocycles. The van der Waals surface area contributed by atoms with Gasteiger partial charge in [0.25, 0.3) is 11.8 Å². The molecular formula is C24H19ClN2O5. The van der Waals surface area contributed by atoms with Crippen LogP contribution in [0.5, 0.6) is 0 Å². The Labute approximate surface area is 188 Å². The summed E-state index contributed by atoms with van der Waals surface area (Å²) in [7, 11) is 1.29. The number of ether oxygens (including phenoxy) is 1. The van der Waals surface area contributed by atoms with Crippen molar-refractivity contribution in [3.63, 3.8) is 0 Å². The number of carbonyl (C=O) groups is 3. The average molecular weight is 451 g/mol. The number of methoxy groups -OCH3 is 1. The van der Waals surface area contributed by atoms with Gasteiger partial charge in [0.05, 0.1) is 35.7 Å². The zero-order valence-electron chi connectivity index (χ0n) is 17.1. The summed E-state index contributed by atoms with van der Waals surface area (Å²) in [6.07, 6.45) is 6.76.